The van der Waals surface area contributed by atoms with Crippen LogP contribution < -0.4 is 25.0 Å². The number of ether oxygens (including phenoxy) is 3. The van der Waals surface area contributed by atoms with Gasteiger partial charge in [-0.2, -0.15) is 5.10 Å². The molecule has 0 saturated heterocycles. The van der Waals surface area contributed by atoms with Crippen LogP contribution in [0.15, 0.2) is 77.7 Å². The van der Waals surface area contributed by atoms with E-state index in [2.05, 4.69) is 10.4 Å². The molecule has 0 radical (unpaired) electrons. The zero-order chi connectivity index (χ0) is 22.5. The highest BCUT2D eigenvalue weighted by molar-refractivity contribution is 5.92. The molecule has 0 unspecified atom stereocenters. The third-order valence-corrected chi connectivity index (χ3v) is 4.79. The maximum atomic E-state index is 12.7. The summed E-state index contributed by atoms with van der Waals surface area (Å²) in [7, 11) is 3.14. The standard InChI is InChI=1S/C24H21N3O5/c1-30-17-8-10-18(11-9-17)32-23-13-16(7-12-22(23)31-2)26-24(29)15-27-20-6-4-3-5-19(20)21(28)14-25-27/h3-14H,15H2,1-2H3,(H,26,29). The molecule has 8 heteroatoms. The number of para-hydroxylation sites is 1. The summed E-state index contributed by atoms with van der Waals surface area (Å²) in [6.07, 6.45) is 1.21. The van der Waals surface area contributed by atoms with Crippen LogP contribution in [-0.4, -0.2) is 29.9 Å². The number of nitrogens with zero attached hydrogens (tertiary/aromatic N) is 2. The lowest BCUT2D eigenvalue weighted by molar-refractivity contribution is -0.116. The fourth-order valence-electron chi connectivity index (χ4n) is 3.23. The molecular formula is C24H21N3O5. The number of fused-ring (bicyclic) bond motifs is 1. The average Bonchev–Trinajstić information content (AvgIpc) is 2.82. The minimum atomic E-state index is -0.299. The SMILES string of the molecule is COc1ccc(Oc2cc(NC(=O)Cn3ncc(=O)c4ccccc43)ccc2OC)cc1. The van der Waals surface area contributed by atoms with Gasteiger partial charge in [0.2, 0.25) is 11.3 Å². The summed E-state index contributed by atoms with van der Waals surface area (Å²) in [4.78, 5) is 24.7. The lowest BCUT2D eigenvalue weighted by atomic mass is 10.2. The molecule has 0 aliphatic heterocycles. The molecule has 0 atom stereocenters. The van der Waals surface area contributed by atoms with E-state index in [0.29, 0.717) is 39.6 Å². The number of amides is 1. The van der Waals surface area contributed by atoms with E-state index in [1.807, 2.05) is 0 Å². The number of benzene rings is 3. The van der Waals surface area contributed by atoms with Crippen LogP contribution in [0.2, 0.25) is 0 Å². The third-order valence-electron chi connectivity index (χ3n) is 4.79. The van der Waals surface area contributed by atoms with Crippen molar-refractivity contribution in [1.29, 1.82) is 0 Å². The van der Waals surface area contributed by atoms with Gasteiger partial charge in [-0.3, -0.25) is 14.3 Å². The molecule has 1 N–H and O–H groups in total. The van der Waals surface area contributed by atoms with Gasteiger partial charge in [0, 0.05) is 17.1 Å². The first-order valence-corrected chi connectivity index (χ1v) is 9.82. The fourth-order valence-corrected chi connectivity index (χ4v) is 3.23. The quantitative estimate of drug-likeness (QED) is 0.478. The molecule has 1 heterocycles. The third kappa shape index (κ3) is 4.54. The van der Waals surface area contributed by atoms with E-state index in [1.54, 1.807) is 80.9 Å². The summed E-state index contributed by atoms with van der Waals surface area (Å²) in [5.41, 5.74) is 0.936. The Kier molecular flexibility index (Phi) is 6.03. The molecule has 0 fully saturated rings. The molecule has 0 spiro atoms. The molecule has 4 rings (SSSR count). The van der Waals surface area contributed by atoms with Crippen molar-refractivity contribution in [1.82, 2.24) is 9.78 Å². The molecule has 1 aromatic heterocycles. The predicted molar refractivity (Wildman–Crippen MR) is 121 cm³/mol. The van der Waals surface area contributed by atoms with E-state index >= 15 is 0 Å². The molecule has 0 saturated carbocycles. The molecule has 0 aliphatic rings. The van der Waals surface area contributed by atoms with Gasteiger partial charge in [-0.15, -0.1) is 0 Å². The number of carbonyl (C=O) groups is 1. The van der Waals surface area contributed by atoms with Gasteiger partial charge in [0.1, 0.15) is 18.0 Å². The number of rotatable bonds is 7. The minimum absolute atomic E-state index is 0.0541. The lowest BCUT2D eigenvalue weighted by Crippen LogP contribution is -2.22. The molecule has 1 amide bonds. The highest BCUT2D eigenvalue weighted by Gasteiger charge is 2.12. The second-order valence-electron chi connectivity index (χ2n) is 6.88. The Morgan fingerprint density at radius 2 is 1.69 bits per heavy atom. The highest BCUT2D eigenvalue weighted by atomic mass is 16.5. The summed E-state index contributed by atoms with van der Waals surface area (Å²) < 4.78 is 17.9. The van der Waals surface area contributed by atoms with Crippen LogP contribution in [0.1, 0.15) is 0 Å². The van der Waals surface area contributed by atoms with Crippen molar-refractivity contribution < 1.29 is 19.0 Å². The van der Waals surface area contributed by atoms with Gasteiger partial charge in [0.05, 0.1) is 25.9 Å². The number of hydrogen-bond donors (Lipinski definition) is 1. The van der Waals surface area contributed by atoms with E-state index < -0.39 is 0 Å². The van der Waals surface area contributed by atoms with Crippen LogP contribution in [0.5, 0.6) is 23.0 Å². The van der Waals surface area contributed by atoms with E-state index in [-0.39, 0.29) is 17.9 Å². The zero-order valence-corrected chi connectivity index (χ0v) is 17.6. The van der Waals surface area contributed by atoms with Crippen LogP contribution >= 0.6 is 0 Å². The monoisotopic (exact) mass is 431 g/mol. The molecule has 8 nitrogen and oxygen atoms in total. The van der Waals surface area contributed by atoms with Crippen molar-refractivity contribution in [3.05, 3.63) is 83.2 Å². The Bertz CT molecular complexity index is 1320. The van der Waals surface area contributed by atoms with E-state index in [9.17, 15) is 9.59 Å². The van der Waals surface area contributed by atoms with Crippen LogP contribution in [0, 0.1) is 0 Å². The summed E-state index contributed by atoms with van der Waals surface area (Å²) in [5.74, 6) is 1.98. The van der Waals surface area contributed by atoms with Gasteiger partial charge in [0.15, 0.2) is 11.5 Å². The maximum Gasteiger partial charge on any atom is 0.246 e. The zero-order valence-electron chi connectivity index (χ0n) is 17.6. The molecule has 0 bridgehead atoms. The van der Waals surface area contributed by atoms with Crippen molar-refractivity contribution in [3.63, 3.8) is 0 Å². The van der Waals surface area contributed by atoms with Crippen LogP contribution in [0.4, 0.5) is 5.69 Å². The first-order chi connectivity index (χ1) is 15.6. The first-order valence-electron chi connectivity index (χ1n) is 9.82. The van der Waals surface area contributed by atoms with E-state index in [4.69, 9.17) is 14.2 Å². The molecule has 0 aliphatic carbocycles. The second kappa shape index (κ2) is 9.22. The summed E-state index contributed by atoms with van der Waals surface area (Å²) in [6.45, 7) is -0.0541. The van der Waals surface area contributed by atoms with Crippen molar-refractivity contribution in [2.24, 2.45) is 0 Å². The topological polar surface area (TPSA) is 91.7 Å². The van der Waals surface area contributed by atoms with Gasteiger partial charge in [-0.25, -0.2) is 0 Å². The fraction of sp³-hybridized carbons (Fsp3) is 0.125. The second-order valence-corrected chi connectivity index (χ2v) is 6.88. The Labute approximate surface area is 184 Å². The number of methoxy groups -OCH3 is 2. The molecular weight excluding hydrogens is 410 g/mol. The van der Waals surface area contributed by atoms with Crippen molar-refractivity contribution in [2.75, 3.05) is 19.5 Å². The van der Waals surface area contributed by atoms with E-state index in [1.165, 1.54) is 10.9 Å². The van der Waals surface area contributed by atoms with Gasteiger partial charge < -0.3 is 19.5 Å². The lowest BCUT2D eigenvalue weighted by Gasteiger charge is -2.14. The van der Waals surface area contributed by atoms with Gasteiger partial charge in [0.25, 0.3) is 0 Å². The largest absolute Gasteiger partial charge is 0.497 e. The Hall–Kier alpha value is -4.33. The molecule has 162 valence electrons. The predicted octanol–water partition coefficient (Wildman–Crippen LogP) is 3.84. The van der Waals surface area contributed by atoms with Gasteiger partial charge >= 0.3 is 0 Å². The summed E-state index contributed by atoms with van der Waals surface area (Å²) in [6, 6.07) is 19.3. The van der Waals surface area contributed by atoms with Crippen molar-refractivity contribution in [2.45, 2.75) is 6.54 Å². The van der Waals surface area contributed by atoms with Crippen molar-refractivity contribution >= 4 is 22.5 Å². The smallest absolute Gasteiger partial charge is 0.246 e. The summed E-state index contributed by atoms with van der Waals surface area (Å²) >= 11 is 0. The van der Waals surface area contributed by atoms with Crippen molar-refractivity contribution in [3.8, 4) is 23.0 Å². The van der Waals surface area contributed by atoms with E-state index in [0.717, 1.165) is 0 Å². The Morgan fingerprint density at radius 1 is 0.938 bits per heavy atom. The number of hydrogen-bond acceptors (Lipinski definition) is 6. The Balaban J connectivity index is 1.53. The molecule has 32 heavy (non-hydrogen) atoms. The minimum Gasteiger partial charge on any atom is -0.497 e. The van der Waals surface area contributed by atoms with Gasteiger partial charge in [-0.05, 0) is 48.5 Å². The normalized spacial score (nSPS) is 10.6. The maximum absolute atomic E-state index is 12.7. The number of carbonyl (C=O) groups excluding carboxylic acids is 1. The number of aromatic nitrogens is 2. The Morgan fingerprint density at radius 3 is 2.44 bits per heavy atom. The highest BCUT2D eigenvalue weighted by Crippen LogP contribution is 2.34. The summed E-state index contributed by atoms with van der Waals surface area (Å²) in [5, 5.41) is 7.43. The number of nitrogens with one attached hydrogen (secondary N) is 1. The van der Waals surface area contributed by atoms with Gasteiger partial charge in [-0.1, -0.05) is 12.1 Å². The number of anilines is 1. The first kappa shape index (κ1) is 20.9. The van der Waals surface area contributed by atoms with Crippen LogP contribution in [0.25, 0.3) is 10.9 Å². The molecule has 4 aromatic rings. The average molecular weight is 431 g/mol. The molecule has 3 aromatic carbocycles. The van der Waals surface area contributed by atoms with Crippen LogP contribution in [0.3, 0.4) is 0 Å². The van der Waals surface area contributed by atoms with Crippen LogP contribution in [-0.2, 0) is 11.3 Å².